The van der Waals surface area contributed by atoms with Gasteiger partial charge < -0.3 is 10.5 Å². The number of aryl methyl sites for hydroxylation is 1. The number of amidine groups is 1. The molecule has 92 valence electrons. The second kappa shape index (κ2) is 4.83. The number of nitrogens with two attached hydrogens (primary N) is 1. The summed E-state index contributed by atoms with van der Waals surface area (Å²) in [5, 5.41) is 7.44. The van der Waals surface area contributed by atoms with Gasteiger partial charge in [0, 0.05) is 11.8 Å². The molecule has 0 aliphatic rings. The fourth-order valence-electron chi connectivity index (χ4n) is 1.46. The van der Waals surface area contributed by atoms with Crippen molar-refractivity contribution in [2.45, 2.75) is 6.92 Å². The van der Waals surface area contributed by atoms with Crippen LogP contribution in [0.1, 0.15) is 11.3 Å². The van der Waals surface area contributed by atoms with Gasteiger partial charge in [0.1, 0.15) is 17.4 Å². The third kappa shape index (κ3) is 2.63. The van der Waals surface area contributed by atoms with Gasteiger partial charge in [0.2, 0.25) is 5.88 Å². The van der Waals surface area contributed by atoms with Crippen LogP contribution in [-0.2, 0) is 0 Å². The minimum Gasteiger partial charge on any atom is -0.438 e. The molecule has 18 heavy (non-hydrogen) atoms. The zero-order valence-electron chi connectivity index (χ0n) is 9.77. The molecule has 1 heterocycles. The molecule has 1 aromatic heterocycles. The molecule has 1 aromatic carbocycles. The summed E-state index contributed by atoms with van der Waals surface area (Å²) in [4.78, 5) is 4.15. The molecule has 0 amide bonds. The number of hydrogen-bond acceptors (Lipinski definition) is 3. The Labute approximate surface area is 104 Å². The van der Waals surface area contributed by atoms with Gasteiger partial charge >= 0.3 is 0 Å². The zero-order chi connectivity index (χ0) is 13.1. The van der Waals surface area contributed by atoms with Crippen LogP contribution in [0.5, 0.6) is 11.6 Å². The Morgan fingerprint density at radius 3 is 2.78 bits per heavy atom. The molecule has 2 rings (SSSR count). The molecule has 0 unspecified atom stereocenters. The molecule has 0 bridgehead atoms. The molecular weight excluding hydrogens is 233 g/mol. The largest absolute Gasteiger partial charge is 0.438 e. The second-order valence-electron chi connectivity index (χ2n) is 3.78. The van der Waals surface area contributed by atoms with Gasteiger partial charge in [0.15, 0.2) is 0 Å². The number of rotatable bonds is 3. The van der Waals surface area contributed by atoms with Crippen molar-refractivity contribution in [3.8, 4) is 11.6 Å². The van der Waals surface area contributed by atoms with Crippen LogP contribution in [0.15, 0.2) is 36.4 Å². The van der Waals surface area contributed by atoms with Gasteiger partial charge in [-0.05, 0) is 31.2 Å². The van der Waals surface area contributed by atoms with E-state index in [1.54, 1.807) is 25.1 Å². The van der Waals surface area contributed by atoms with E-state index in [9.17, 15) is 4.39 Å². The van der Waals surface area contributed by atoms with E-state index in [1.165, 1.54) is 18.2 Å². The number of aromatic nitrogens is 1. The molecule has 5 heteroatoms. The standard InChI is InChI=1S/C13H12FN3O/c1-8-5-6-11(12(15)16)13(17-8)18-10-4-2-3-9(14)7-10/h2-7H,1H3,(H3,15,16). The van der Waals surface area contributed by atoms with E-state index in [0.717, 1.165) is 5.69 Å². The molecule has 0 atom stereocenters. The number of pyridine rings is 1. The lowest BCUT2D eigenvalue weighted by Crippen LogP contribution is -2.13. The summed E-state index contributed by atoms with van der Waals surface area (Å²) in [6.07, 6.45) is 0. The van der Waals surface area contributed by atoms with E-state index in [2.05, 4.69) is 4.98 Å². The first-order valence-electron chi connectivity index (χ1n) is 5.32. The first-order valence-corrected chi connectivity index (χ1v) is 5.32. The lowest BCUT2D eigenvalue weighted by Gasteiger charge is -2.09. The maximum absolute atomic E-state index is 13.0. The van der Waals surface area contributed by atoms with Crippen molar-refractivity contribution in [2.75, 3.05) is 0 Å². The highest BCUT2D eigenvalue weighted by atomic mass is 19.1. The van der Waals surface area contributed by atoms with Gasteiger partial charge in [0.05, 0.1) is 5.56 Å². The monoisotopic (exact) mass is 245 g/mol. The summed E-state index contributed by atoms with van der Waals surface area (Å²) < 4.78 is 18.5. The Kier molecular flexibility index (Phi) is 3.23. The molecule has 0 saturated carbocycles. The number of ether oxygens (including phenoxy) is 1. The smallest absolute Gasteiger partial charge is 0.230 e. The summed E-state index contributed by atoms with van der Waals surface area (Å²) in [6, 6.07) is 9.09. The highest BCUT2D eigenvalue weighted by Crippen LogP contribution is 2.23. The highest BCUT2D eigenvalue weighted by Gasteiger charge is 2.10. The second-order valence-corrected chi connectivity index (χ2v) is 3.78. The van der Waals surface area contributed by atoms with Crippen molar-refractivity contribution in [2.24, 2.45) is 5.73 Å². The van der Waals surface area contributed by atoms with Crippen LogP contribution in [0.4, 0.5) is 4.39 Å². The lowest BCUT2D eigenvalue weighted by molar-refractivity contribution is 0.456. The number of nitrogens with one attached hydrogen (secondary N) is 1. The predicted octanol–water partition coefficient (Wildman–Crippen LogP) is 2.61. The SMILES string of the molecule is Cc1ccc(C(=N)N)c(Oc2cccc(F)c2)n1. The molecule has 0 fully saturated rings. The van der Waals surface area contributed by atoms with Gasteiger partial charge in [-0.1, -0.05) is 6.07 Å². The molecule has 0 saturated heterocycles. The lowest BCUT2D eigenvalue weighted by atomic mass is 10.2. The number of nitrogens with zero attached hydrogens (tertiary/aromatic N) is 1. The molecule has 0 spiro atoms. The predicted molar refractivity (Wildman–Crippen MR) is 66.5 cm³/mol. The Balaban J connectivity index is 2.39. The van der Waals surface area contributed by atoms with E-state index < -0.39 is 5.82 Å². The number of nitrogen functional groups attached to an aromatic ring is 1. The third-order valence-electron chi connectivity index (χ3n) is 2.30. The van der Waals surface area contributed by atoms with Gasteiger partial charge in [0.25, 0.3) is 0 Å². The minimum atomic E-state index is -0.399. The Morgan fingerprint density at radius 1 is 1.33 bits per heavy atom. The summed E-state index contributed by atoms with van der Waals surface area (Å²) in [5.74, 6) is -0.0258. The Morgan fingerprint density at radius 2 is 2.11 bits per heavy atom. The average molecular weight is 245 g/mol. The van der Waals surface area contributed by atoms with E-state index >= 15 is 0 Å². The zero-order valence-corrected chi connectivity index (χ0v) is 9.77. The number of halogens is 1. The highest BCUT2D eigenvalue weighted by molar-refractivity contribution is 5.97. The molecule has 2 aromatic rings. The van der Waals surface area contributed by atoms with Crippen molar-refractivity contribution >= 4 is 5.84 Å². The van der Waals surface area contributed by atoms with Gasteiger partial charge in [-0.25, -0.2) is 9.37 Å². The first-order chi connectivity index (χ1) is 8.56. The van der Waals surface area contributed by atoms with Crippen molar-refractivity contribution in [3.05, 3.63) is 53.5 Å². The van der Waals surface area contributed by atoms with Crippen molar-refractivity contribution in [1.29, 1.82) is 5.41 Å². The van der Waals surface area contributed by atoms with E-state index in [1.807, 2.05) is 0 Å². The number of hydrogen-bond donors (Lipinski definition) is 2. The first kappa shape index (κ1) is 12.0. The Bertz CT molecular complexity index is 599. The molecular formula is C13H12FN3O. The van der Waals surface area contributed by atoms with E-state index in [0.29, 0.717) is 11.3 Å². The van der Waals surface area contributed by atoms with Crippen LogP contribution in [0.25, 0.3) is 0 Å². The molecule has 0 aliphatic carbocycles. The third-order valence-corrected chi connectivity index (χ3v) is 2.30. The Hall–Kier alpha value is -2.43. The summed E-state index contributed by atoms with van der Waals surface area (Å²) in [6.45, 7) is 1.79. The average Bonchev–Trinajstić information content (AvgIpc) is 2.28. The fourth-order valence-corrected chi connectivity index (χ4v) is 1.46. The number of benzene rings is 1. The van der Waals surface area contributed by atoms with E-state index in [4.69, 9.17) is 15.9 Å². The van der Waals surface area contributed by atoms with Crippen molar-refractivity contribution in [1.82, 2.24) is 4.98 Å². The molecule has 4 nitrogen and oxygen atoms in total. The van der Waals surface area contributed by atoms with Crippen LogP contribution in [0.3, 0.4) is 0 Å². The minimum absolute atomic E-state index is 0.145. The summed E-state index contributed by atoms with van der Waals surface area (Å²) in [7, 11) is 0. The molecule has 3 N–H and O–H groups in total. The van der Waals surface area contributed by atoms with Crippen LogP contribution in [0, 0.1) is 18.2 Å². The van der Waals surface area contributed by atoms with Gasteiger partial charge in [-0.15, -0.1) is 0 Å². The van der Waals surface area contributed by atoms with Crippen LogP contribution >= 0.6 is 0 Å². The van der Waals surface area contributed by atoms with Gasteiger partial charge in [-0.3, -0.25) is 5.41 Å². The normalized spacial score (nSPS) is 10.1. The van der Waals surface area contributed by atoms with Crippen LogP contribution in [0.2, 0.25) is 0 Å². The van der Waals surface area contributed by atoms with Crippen LogP contribution < -0.4 is 10.5 Å². The topological polar surface area (TPSA) is 72.0 Å². The maximum atomic E-state index is 13.0. The van der Waals surface area contributed by atoms with Crippen molar-refractivity contribution < 1.29 is 9.13 Å². The maximum Gasteiger partial charge on any atom is 0.230 e. The fraction of sp³-hybridized carbons (Fsp3) is 0.0769. The van der Waals surface area contributed by atoms with Crippen LogP contribution in [-0.4, -0.2) is 10.8 Å². The van der Waals surface area contributed by atoms with Crippen molar-refractivity contribution in [3.63, 3.8) is 0 Å². The molecule has 0 aliphatic heterocycles. The van der Waals surface area contributed by atoms with E-state index in [-0.39, 0.29) is 11.7 Å². The summed E-state index contributed by atoms with van der Waals surface area (Å²) >= 11 is 0. The van der Waals surface area contributed by atoms with Gasteiger partial charge in [-0.2, -0.15) is 0 Å². The summed E-state index contributed by atoms with van der Waals surface area (Å²) in [5.41, 5.74) is 6.55. The molecule has 0 radical (unpaired) electrons. The quantitative estimate of drug-likeness (QED) is 0.645.